The van der Waals surface area contributed by atoms with Gasteiger partial charge in [0.25, 0.3) is 0 Å². The van der Waals surface area contributed by atoms with E-state index in [9.17, 15) is 8.78 Å². The highest BCUT2D eigenvalue weighted by molar-refractivity contribution is 7.99. The topological polar surface area (TPSA) is 66.5 Å². The molecule has 0 fully saturated rings. The number of nitrogens with one attached hydrogen (secondary N) is 2. The van der Waals surface area contributed by atoms with Crippen molar-refractivity contribution in [1.82, 2.24) is 20.2 Å². The van der Waals surface area contributed by atoms with Crippen molar-refractivity contribution in [3.05, 3.63) is 23.5 Å². The van der Waals surface area contributed by atoms with Gasteiger partial charge in [0.05, 0.1) is 0 Å². The molecule has 0 bridgehead atoms. The van der Waals surface area contributed by atoms with E-state index in [0.29, 0.717) is 11.0 Å². The standard InChI is InChI=1S/C9H9F2N5S/c1-4-13-9(16-15-4)17-8-6(11)3-5(10)7(12-2)14-8/h3H,1-2H3,(H,12,14)(H,13,15,16). The minimum Gasteiger partial charge on any atom is -0.371 e. The Labute approximate surface area is 100 Å². The van der Waals surface area contributed by atoms with Crippen molar-refractivity contribution < 1.29 is 8.78 Å². The summed E-state index contributed by atoms with van der Waals surface area (Å²) in [5, 5.41) is 9.36. The molecule has 0 aliphatic rings. The van der Waals surface area contributed by atoms with Crippen LogP contribution in [0.15, 0.2) is 16.2 Å². The van der Waals surface area contributed by atoms with E-state index in [0.717, 1.165) is 17.8 Å². The number of rotatable bonds is 3. The van der Waals surface area contributed by atoms with Crippen LogP contribution in [0.2, 0.25) is 0 Å². The van der Waals surface area contributed by atoms with Crippen molar-refractivity contribution in [2.45, 2.75) is 17.1 Å². The molecule has 0 radical (unpaired) electrons. The molecule has 0 aliphatic carbocycles. The number of hydrogen-bond donors (Lipinski definition) is 2. The van der Waals surface area contributed by atoms with Crippen molar-refractivity contribution in [3.8, 4) is 0 Å². The van der Waals surface area contributed by atoms with Crippen molar-refractivity contribution >= 4 is 17.6 Å². The lowest BCUT2D eigenvalue weighted by Gasteiger charge is -2.04. The lowest BCUT2D eigenvalue weighted by Crippen LogP contribution is -2.00. The van der Waals surface area contributed by atoms with Crippen molar-refractivity contribution in [3.63, 3.8) is 0 Å². The predicted octanol–water partition coefficient (Wildman–Crippen LogP) is 1.98. The summed E-state index contributed by atoms with van der Waals surface area (Å²) in [6.07, 6.45) is 0. The fourth-order valence-electron chi connectivity index (χ4n) is 1.15. The van der Waals surface area contributed by atoms with Crippen molar-refractivity contribution in [1.29, 1.82) is 0 Å². The van der Waals surface area contributed by atoms with Gasteiger partial charge in [-0.1, -0.05) is 0 Å². The Balaban J connectivity index is 2.32. The van der Waals surface area contributed by atoms with E-state index in [4.69, 9.17) is 0 Å². The quantitative estimate of drug-likeness (QED) is 0.880. The number of aromatic nitrogens is 4. The fraction of sp³-hybridized carbons (Fsp3) is 0.222. The van der Waals surface area contributed by atoms with Crippen LogP contribution in [-0.2, 0) is 0 Å². The van der Waals surface area contributed by atoms with Gasteiger partial charge in [-0.25, -0.2) is 18.7 Å². The second kappa shape index (κ2) is 4.66. The average Bonchev–Trinajstić information content (AvgIpc) is 2.68. The Morgan fingerprint density at radius 1 is 1.29 bits per heavy atom. The molecular weight excluding hydrogens is 248 g/mol. The molecular formula is C9H9F2N5S. The van der Waals surface area contributed by atoms with Gasteiger partial charge in [0.15, 0.2) is 17.5 Å². The van der Waals surface area contributed by atoms with E-state index in [1.54, 1.807) is 6.92 Å². The number of pyridine rings is 1. The molecule has 0 aliphatic heterocycles. The summed E-state index contributed by atoms with van der Waals surface area (Å²) in [6.45, 7) is 1.73. The van der Waals surface area contributed by atoms with Crippen LogP contribution in [0.3, 0.4) is 0 Å². The molecule has 90 valence electrons. The second-order valence-electron chi connectivity index (χ2n) is 3.16. The van der Waals surface area contributed by atoms with E-state index in [-0.39, 0.29) is 10.8 Å². The van der Waals surface area contributed by atoms with Gasteiger partial charge >= 0.3 is 0 Å². The Morgan fingerprint density at radius 3 is 2.65 bits per heavy atom. The van der Waals surface area contributed by atoms with E-state index in [2.05, 4.69) is 25.5 Å². The van der Waals surface area contributed by atoms with Crippen LogP contribution in [-0.4, -0.2) is 27.2 Å². The Kier molecular flexibility index (Phi) is 3.23. The summed E-state index contributed by atoms with van der Waals surface area (Å²) < 4.78 is 26.6. The smallest absolute Gasteiger partial charge is 0.214 e. The highest BCUT2D eigenvalue weighted by Crippen LogP contribution is 2.27. The van der Waals surface area contributed by atoms with Gasteiger partial charge in [0.1, 0.15) is 10.9 Å². The Hall–Kier alpha value is -1.70. The molecule has 0 atom stereocenters. The molecule has 17 heavy (non-hydrogen) atoms. The maximum atomic E-state index is 13.4. The zero-order valence-electron chi connectivity index (χ0n) is 9.08. The molecule has 2 rings (SSSR count). The van der Waals surface area contributed by atoms with Gasteiger partial charge in [-0.2, -0.15) is 0 Å². The summed E-state index contributed by atoms with van der Waals surface area (Å²) >= 11 is 0.927. The van der Waals surface area contributed by atoms with E-state index in [1.807, 2.05) is 0 Å². The number of aryl methyl sites for hydroxylation is 1. The predicted molar refractivity (Wildman–Crippen MR) is 58.9 cm³/mol. The lowest BCUT2D eigenvalue weighted by atomic mass is 10.4. The molecule has 0 unspecified atom stereocenters. The third kappa shape index (κ3) is 2.52. The molecule has 5 nitrogen and oxygen atoms in total. The first kappa shape index (κ1) is 11.8. The molecule has 2 aromatic rings. The zero-order valence-corrected chi connectivity index (χ0v) is 9.90. The number of H-pyrrole nitrogens is 1. The monoisotopic (exact) mass is 257 g/mol. The largest absolute Gasteiger partial charge is 0.371 e. The second-order valence-corrected chi connectivity index (χ2v) is 4.12. The molecule has 8 heteroatoms. The zero-order chi connectivity index (χ0) is 12.4. The first-order valence-corrected chi connectivity index (χ1v) is 5.52. The SMILES string of the molecule is CNc1nc(Sc2n[nH]c(C)n2)c(F)cc1F. The van der Waals surface area contributed by atoms with Crippen LogP contribution in [0.1, 0.15) is 5.82 Å². The van der Waals surface area contributed by atoms with Gasteiger partial charge in [0.2, 0.25) is 5.16 Å². The van der Waals surface area contributed by atoms with Crippen LogP contribution in [0.4, 0.5) is 14.6 Å². The third-order valence-electron chi connectivity index (χ3n) is 1.90. The van der Waals surface area contributed by atoms with E-state index >= 15 is 0 Å². The van der Waals surface area contributed by atoms with Crippen molar-refractivity contribution in [2.75, 3.05) is 12.4 Å². The number of aromatic amines is 1. The normalized spacial score (nSPS) is 10.6. The minimum absolute atomic E-state index is 0.0128. The van der Waals surface area contributed by atoms with Crippen LogP contribution in [0.25, 0.3) is 0 Å². The van der Waals surface area contributed by atoms with Gasteiger partial charge < -0.3 is 5.32 Å². The summed E-state index contributed by atoms with van der Waals surface area (Å²) in [4.78, 5) is 7.80. The maximum absolute atomic E-state index is 13.4. The molecule has 2 heterocycles. The number of halogens is 2. The summed E-state index contributed by atoms with van der Waals surface area (Å²) in [7, 11) is 1.51. The Morgan fingerprint density at radius 2 is 2.06 bits per heavy atom. The highest BCUT2D eigenvalue weighted by atomic mass is 32.2. The van der Waals surface area contributed by atoms with Crippen LogP contribution in [0.5, 0.6) is 0 Å². The molecule has 2 aromatic heterocycles. The van der Waals surface area contributed by atoms with E-state index < -0.39 is 11.6 Å². The van der Waals surface area contributed by atoms with Gasteiger partial charge in [-0.05, 0) is 18.7 Å². The average molecular weight is 257 g/mol. The lowest BCUT2D eigenvalue weighted by molar-refractivity contribution is 0.551. The Bertz CT molecular complexity index is 542. The number of nitrogens with zero attached hydrogens (tertiary/aromatic N) is 3. The first-order valence-electron chi connectivity index (χ1n) is 4.71. The van der Waals surface area contributed by atoms with E-state index in [1.165, 1.54) is 7.05 Å². The van der Waals surface area contributed by atoms with Gasteiger partial charge in [-0.3, -0.25) is 5.10 Å². The molecule has 2 N–H and O–H groups in total. The maximum Gasteiger partial charge on any atom is 0.214 e. The highest BCUT2D eigenvalue weighted by Gasteiger charge is 2.14. The number of hydrogen-bond acceptors (Lipinski definition) is 5. The molecule has 0 aromatic carbocycles. The minimum atomic E-state index is -0.742. The van der Waals surface area contributed by atoms with Crippen LogP contribution >= 0.6 is 11.8 Å². The van der Waals surface area contributed by atoms with Crippen molar-refractivity contribution in [2.24, 2.45) is 0 Å². The van der Waals surface area contributed by atoms with Gasteiger partial charge in [-0.15, -0.1) is 5.10 Å². The summed E-state index contributed by atoms with van der Waals surface area (Å²) in [5.41, 5.74) is 0. The van der Waals surface area contributed by atoms with Gasteiger partial charge in [0, 0.05) is 13.1 Å². The van der Waals surface area contributed by atoms with Crippen LogP contribution in [0, 0.1) is 18.6 Å². The molecule has 0 saturated heterocycles. The number of anilines is 1. The molecule has 0 amide bonds. The molecule has 0 spiro atoms. The summed E-state index contributed by atoms with van der Waals surface area (Å²) in [6, 6.07) is 0.778. The summed E-state index contributed by atoms with van der Waals surface area (Å²) in [5.74, 6) is -0.875. The fourth-order valence-corrected chi connectivity index (χ4v) is 1.89. The third-order valence-corrected chi connectivity index (χ3v) is 2.74. The first-order chi connectivity index (χ1) is 8.10. The molecule has 0 saturated carbocycles. The van der Waals surface area contributed by atoms with Crippen LogP contribution < -0.4 is 5.32 Å².